The van der Waals surface area contributed by atoms with Gasteiger partial charge in [0.25, 0.3) is 0 Å². The molecule has 0 amide bonds. The maximum atomic E-state index is 4.40. The molecule has 122 valence electrons. The van der Waals surface area contributed by atoms with Gasteiger partial charge in [0.2, 0.25) is 0 Å². The monoisotopic (exact) mass is 314 g/mol. The molecule has 3 heterocycles. The summed E-state index contributed by atoms with van der Waals surface area (Å²) in [4.78, 5) is 10.9. The Morgan fingerprint density at radius 3 is 2.74 bits per heavy atom. The quantitative estimate of drug-likeness (QED) is 0.714. The van der Waals surface area contributed by atoms with E-state index in [-0.39, 0.29) is 0 Å². The van der Waals surface area contributed by atoms with Crippen molar-refractivity contribution in [2.75, 3.05) is 25.0 Å². The Bertz CT molecular complexity index is 771. The summed E-state index contributed by atoms with van der Waals surface area (Å²) in [6.07, 6.45) is 7.11. The molecule has 0 spiro atoms. The fraction of sp³-hybridized carbons (Fsp3) is 0.467. The molecular formula is C15H22N8. The van der Waals surface area contributed by atoms with E-state index in [0.29, 0.717) is 0 Å². The van der Waals surface area contributed by atoms with E-state index in [1.807, 2.05) is 24.1 Å². The molecule has 0 atom stereocenters. The SMILES string of the molecule is CCN(CC)CCn1cc(Nc2ncnc3c2cnn3C)cn1. The van der Waals surface area contributed by atoms with Crippen molar-refractivity contribution in [1.82, 2.24) is 34.4 Å². The highest BCUT2D eigenvalue weighted by atomic mass is 15.3. The van der Waals surface area contributed by atoms with Crippen LogP contribution < -0.4 is 5.32 Å². The highest BCUT2D eigenvalue weighted by Gasteiger charge is 2.09. The van der Waals surface area contributed by atoms with Gasteiger partial charge >= 0.3 is 0 Å². The molecule has 0 bridgehead atoms. The van der Waals surface area contributed by atoms with Crippen LogP contribution in [0.2, 0.25) is 0 Å². The number of likely N-dealkylation sites (N-methyl/N-ethyl adjacent to an activating group) is 1. The highest BCUT2D eigenvalue weighted by Crippen LogP contribution is 2.21. The van der Waals surface area contributed by atoms with Gasteiger partial charge in [-0.3, -0.25) is 9.36 Å². The number of nitrogens with one attached hydrogen (secondary N) is 1. The molecule has 1 N–H and O–H groups in total. The van der Waals surface area contributed by atoms with Gasteiger partial charge in [-0.2, -0.15) is 10.2 Å². The van der Waals surface area contributed by atoms with Gasteiger partial charge in [-0.1, -0.05) is 13.8 Å². The molecule has 0 aliphatic rings. The fourth-order valence-corrected chi connectivity index (χ4v) is 2.53. The first-order valence-corrected chi connectivity index (χ1v) is 7.85. The van der Waals surface area contributed by atoms with Crippen molar-refractivity contribution in [2.24, 2.45) is 7.05 Å². The van der Waals surface area contributed by atoms with E-state index >= 15 is 0 Å². The van der Waals surface area contributed by atoms with Gasteiger partial charge in [-0.05, 0) is 13.1 Å². The second-order valence-electron chi connectivity index (χ2n) is 5.37. The van der Waals surface area contributed by atoms with Crippen LogP contribution in [-0.2, 0) is 13.6 Å². The van der Waals surface area contributed by atoms with Crippen LogP contribution in [0.4, 0.5) is 11.5 Å². The maximum absolute atomic E-state index is 4.40. The molecule has 0 aliphatic carbocycles. The van der Waals surface area contributed by atoms with Crippen LogP contribution >= 0.6 is 0 Å². The average Bonchev–Trinajstić information content (AvgIpc) is 3.16. The molecule has 8 nitrogen and oxygen atoms in total. The van der Waals surface area contributed by atoms with Gasteiger partial charge in [-0.25, -0.2) is 9.97 Å². The third-order valence-corrected chi connectivity index (χ3v) is 3.97. The highest BCUT2D eigenvalue weighted by molar-refractivity contribution is 5.87. The summed E-state index contributed by atoms with van der Waals surface area (Å²) in [7, 11) is 1.87. The van der Waals surface area contributed by atoms with Crippen LogP contribution in [0.3, 0.4) is 0 Å². The minimum absolute atomic E-state index is 0.742. The lowest BCUT2D eigenvalue weighted by Gasteiger charge is -2.17. The third kappa shape index (κ3) is 3.31. The van der Waals surface area contributed by atoms with E-state index in [9.17, 15) is 0 Å². The van der Waals surface area contributed by atoms with Gasteiger partial charge in [0, 0.05) is 19.8 Å². The molecule has 0 saturated carbocycles. The number of hydrogen-bond donors (Lipinski definition) is 1. The molecule has 0 radical (unpaired) electrons. The number of fused-ring (bicyclic) bond motifs is 1. The summed E-state index contributed by atoms with van der Waals surface area (Å²) in [6, 6.07) is 0. The van der Waals surface area contributed by atoms with Crippen molar-refractivity contribution in [3.63, 3.8) is 0 Å². The summed E-state index contributed by atoms with van der Waals surface area (Å²) in [5.41, 5.74) is 1.71. The van der Waals surface area contributed by atoms with Crippen LogP contribution in [0, 0.1) is 0 Å². The maximum Gasteiger partial charge on any atom is 0.163 e. The van der Waals surface area contributed by atoms with Crippen LogP contribution in [0.15, 0.2) is 24.9 Å². The summed E-state index contributed by atoms with van der Waals surface area (Å²) in [5.74, 6) is 0.742. The van der Waals surface area contributed by atoms with E-state index in [1.165, 1.54) is 6.33 Å². The molecule has 0 fully saturated rings. The Labute approximate surface area is 135 Å². The Morgan fingerprint density at radius 1 is 1.13 bits per heavy atom. The molecule has 23 heavy (non-hydrogen) atoms. The minimum atomic E-state index is 0.742. The zero-order chi connectivity index (χ0) is 16.2. The molecule has 0 unspecified atom stereocenters. The second kappa shape index (κ2) is 6.74. The van der Waals surface area contributed by atoms with Crippen LogP contribution in [0.1, 0.15) is 13.8 Å². The molecule has 3 aromatic heterocycles. The molecule has 0 saturated heterocycles. The number of aryl methyl sites for hydroxylation is 1. The van der Waals surface area contributed by atoms with Crippen molar-refractivity contribution in [3.8, 4) is 0 Å². The summed E-state index contributed by atoms with van der Waals surface area (Å²) in [6.45, 7) is 8.33. The first kappa shape index (κ1) is 15.4. The second-order valence-corrected chi connectivity index (χ2v) is 5.37. The molecule has 8 heteroatoms. The zero-order valence-corrected chi connectivity index (χ0v) is 13.8. The largest absolute Gasteiger partial charge is 0.337 e. The van der Waals surface area contributed by atoms with Gasteiger partial charge in [0.15, 0.2) is 5.65 Å². The van der Waals surface area contributed by atoms with Crippen molar-refractivity contribution < 1.29 is 0 Å². The topological polar surface area (TPSA) is 76.7 Å². The van der Waals surface area contributed by atoms with E-state index in [2.05, 4.69) is 44.2 Å². The Morgan fingerprint density at radius 2 is 1.96 bits per heavy atom. The minimum Gasteiger partial charge on any atom is -0.337 e. The molecular weight excluding hydrogens is 292 g/mol. The molecule has 3 aromatic rings. The predicted molar refractivity (Wildman–Crippen MR) is 89.6 cm³/mol. The first-order valence-electron chi connectivity index (χ1n) is 7.85. The lowest BCUT2D eigenvalue weighted by atomic mass is 10.4. The van der Waals surface area contributed by atoms with Crippen LogP contribution in [0.5, 0.6) is 0 Å². The van der Waals surface area contributed by atoms with Crippen molar-refractivity contribution >= 4 is 22.5 Å². The van der Waals surface area contributed by atoms with Crippen molar-refractivity contribution in [2.45, 2.75) is 20.4 Å². The molecule has 3 rings (SSSR count). The zero-order valence-electron chi connectivity index (χ0n) is 13.8. The van der Waals surface area contributed by atoms with Crippen LogP contribution in [-0.4, -0.2) is 54.1 Å². The van der Waals surface area contributed by atoms with E-state index in [1.54, 1.807) is 10.9 Å². The fourth-order valence-electron chi connectivity index (χ4n) is 2.53. The van der Waals surface area contributed by atoms with Gasteiger partial charge in [0.05, 0.1) is 30.0 Å². The third-order valence-electron chi connectivity index (χ3n) is 3.97. The predicted octanol–water partition coefficient (Wildman–Crippen LogP) is 1.65. The van der Waals surface area contributed by atoms with E-state index < -0.39 is 0 Å². The van der Waals surface area contributed by atoms with Crippen molar-refractivity contribution in [1.29, 1.82) is 0 Å². The van der Waals surface area contributed by atoms with Crippen LogP contribution in [0.25, 0.3) is 11.0 Å². The molecule has 0 aromatic carbocycles. The Kier molecular flexibility index (Phi) is 4.52. The number of rotatable bonds is 7. The lowest BCUT2D eigenvalue weighted by Crippen LogP contribution is -2.27. The summed E-state index contributed by atoms with van der Waals surface area (Å²) < 4.78 is 3.68. The van der Waals surface area contributed by atoms with Gasteiger partial charge < -0.3 is 10.2 Å². The normalized spacial score (nSPS) is 11.5. The Hall–Kier alpha value is -2.48. The van der Waals surface area contributed by atoms with Crippen molar-refractivity contribution in [3.05, 3.63) is 24.9 Å². The lowest BCUT2D eigenvalue weighted by molar-refractivity contribution is 0.285. The first-order chi connectivity index (χ1) is 11.2. The number of anilines is 2. The number of nitrogens with zero attached hydrogens (tertiary/aromatic N) is 7. The smallest absolute Gasteiger partial charge is 0.163 e. The van der Waals surface area contributed by atoms with Gasteiger partial charge in [0.1, 0.15) is 12.1 Å². The number of hydrogen-bond acceptors (Lipinski definition) is 6. The Balaban J connectivity index is 1.71. The van der Waals surface area contributed by atoms with E-state index in [4.69, 9.17) is 0 Å². The van der Waals surface area contributed by atoms with E-state index in [0.717, 1.165) is 48.7 Å². The summed E-state index contributed by atoms with van der Waals surface area (Å²) in [5, 5.41) is 12.8. The molecule has 0 aliphatic heterocycles. The standard InChI is InChI=1S/C15H22N8/c1-4-22(5-2)6-7-23-10-12(8-19-23)20-14-13-9-18-21(3)15(13)17-11-16-14/h8-11H,4-7H2,1-3H3,(H,16,17,20). The number of aromatic nitrogens is 6. The average molecular weight is 314 g/mol. The summed E-state index contributed by atoms with van der Waals surface area (Å²) >= 11 is 0. The van der Waals surface area contributed by atoms with Gasteiger partial charge in [-0.15, -0.1) is 0 Å².